The molecule has 2 saturated heterocycles. The predicted molar refractivity (Wildman–Crippen MR) is 104 cm³/mol. The van der Waals surface area contributed by atoms with E-state index in [1.54, 1.807) is 0 Å². The van der Waals surface area contributed by atoms with Gasteiger partial charge in [-0.3, -0.25) is 9.89 Å². The zero-order chi connectivity index (χ0) is 19.2. The molecule has 0 aromatic carbocycles. The number of aliphatic imine (C=N–C) groups is 1. The van der Waals surface area contributed by atoms with E-state index in [1.807, 2.05) is 11.8 Å². The van der Waals surface area contributed by atoms with Gasteiger partial charge in [-0.05, 0) is 59.0 Å². The van der Waals surface area contributed by atoms with Crippen molar-refractivity contribution in [3.05, 3.63) is 0 Å². The van der Waals surface area contributed by atoms with Gasteiger partial charge in [0.1, 0.15) is 0 Å². The molecular weight excluding hydrogens is 361 g/mol. The highest BCUT2D eigenvalue weighted by Gasteiger charge is 2.32. The molecule has 0 aromatic rings. The van der Waals surface area contributed by atoms with Crippen LogP contribution < -0.4 is 5.32 Å². The Morgan fingerprint density at radius 1 is 1.23 bits per heavy atom. The molecule has 2 aliphatic heterocycles. The van der Waals surface area contributed by atoms with Crippen molar-refractivity contribution in [1.82, 2.24) is 15.1 Å². The van der Waals surface area contributed by atoms with Gasteiger partial charge in [-0.2, -0.15) is 24.9 Å². The van der Waals surface area contributed by atoms with Gasteiger partial charge in [0.2, 0.25) is 0 Å². The van der Waals surface area contributed by atoms with Crippen LogP contribution in [-0.2, 0) is 0 Å². The highest BCUT2D eigenvalue weighted by atomic mass is 32.2. The van der Waals surface area contributed by atoms with Crippen LogP contribution in [-0.4, -0.2) is 78.2 Å². The lowest BCUT2D eigenvalue weighted by Crippen LogP contribution is -2.51. The molecule has 0 saturated carbocycles. The average Bonchev–Trinajstić information content (AvgIpc) is 2.53. The number of piperidine rings is 1. The molecule has 26 heavy (non-hydrogen) atoms. The van der Waals surface area contributed by atoms with E-state index in [1.165, 1.54) is 4.90 Å². The van der Waals surface area contributed by atoms with E-state index in [9.17, 15) is 13.2 Å². The van der Waals surface area contributed by atoms with Gasteiger partial charge >= 0.3 is 6.18 Å². The summed E-state index contributed by atoms with van der Waals surface area (Å²) in [5.74, 6) is 2.57. The van der Waals surface area contributed by atoms with Gasteiger partial charge in [0.25, 0.3) is 0 Å². The van der Waals surface area contributed by atoms with Gasteiger partial charge in [-0.15, -0.1) is 0 Å². The molecule has 0 spiro atoms. The smallest absolute Gasteiger partial charge is 0.357 e. The van der Waals surface area contributed by atoms with Gasteiger partial charge in [-0.1, -0.05) is 0 Å². The summed E-state index contributed by atoms with van der Waals surface area (Å²) in [7, 11) is 0. The minimum atomic E-state index is -4.08. The number of likely N-dealkylation sites (tertiary alicyclic amines) is 1. The third-order valence-electron chi connectivity index (χ3n) is 4.97. The zero-order valence-corrected chi connectivity index (χ0v) is 17.1. The van der Waals surface area contributed by atoms with Gasteiger partial charge in [0, 0.05) is 36.7 Å². The van der Waals surface area contributed by atoms with E-state index >= 15 is 0 Å². The summed E-state index contributed by atoms with van der Waals surface area (Å²) in [5, 5.41) is 3.39. The lowest BCUT2D eigenvalue weighted by molar-refractivity contribution is -0.148. The highest BCUT2D eigenvalue weighted by Crippen LogP contribution is 2.29. The third kappa shape index (κ3) is 7.55. The van der Waals surface area contributed by atoms with Crippen molar-refractivity contribution in [3.8, 4) is 0 Å². The summed E-state index contributed by atoms with van der Waals surface area (Å²) in [6.07, 6.45) is -1.44. The molecule has 1 N–H and O–H groups in total. The first-order valence-electron chi connectivity index (χ1n) is 9.65. The molecule has 8 heteroatoms. The maximum atomic E-state index is 12.5. The normalized spacial score (nSPS) is 23.3. The van der Waals surface area contributed by atoms with E-state index in [4.69, 9.17) is 4.99 Å². The number of hydrogen-bond acceptors (Lipinski definition) is 3. The number of alkyl halides is 3. The molecule has 0 bridgehead atoms. The molecule has 2 aliphatic rings. The van der Waals surface area contributed by atoms with Crippen molar-refractivity contribution in [2.45, 2.75) is 51.0 Å². The molecule has 0 unspecified atom stereocenters. The lowest BCUT2D eigenvalue weighted by atomic mass is 9.93. The summed E-state index contributed by atoms with van der Waals surface area (Å²) in [4.78, 5) is 8.67. The van der Waals surface area contributed by atoms with Crippen LogP contribution in [0.5, 0.6) is 0 Å². The summed E-state index contributed by atoms with van der Waals surface area (Å²) in [5.41, 5.74) is 0. The van der Waals surface area contributed by atoms with Crippen LogP contribution >= 0.6 is 11.8 Å². The second kappa shape index (κ2) is 9.53. The van der Waals surface area contributed by atoms with E-state index < -0.39 is 12.7 Å². The number of thioether (sulfide) groups is 1. The standard InChI is InChI=1S/C18H33F3N4S/c1-4-22-16(25-11-12-26-17(2,3)13-25)23-8-5-15-6-9-24(10-7-15)14-18(19,20)21/h15H,4-14H2,1-3H3,(H,22,23). The fourth-order valence-electron chi connectivity index (χ4n) is 3.66. The summed E-state index contributed by atoms with van der Waals surface area (Å²) in [6, 6.07) is 0. The maximum Gasteiger partial charge on any atom is 0.401 e. The lowest BCUT2D eigenvalue weighted by Gasteiger charge is -2.39. The van der Waals surface area contributed by atoms with Crippen molar-refractivity contribution in [3.63, 3.8) is 0 Å². The van der Waals surface area contributed by atoms with Crippen molar-refractivity contribution in [2.24, 2.45) is 10.9 Å². The Balaban J connectivity index is 1.78. The van der Waals surface area contributed by atoms with E-state index in [2.05, 4.69) is 31.0 Å². The molecule has 0 aliphatic carbocycles. The van der Waals surface area contributed by atoms with Crippen LogP contribution in [0.25, 0.3) is 0 Å². The molecule has 4 nitrogen and oxygen atoms in total. The number of hydrogen-bond donors (Lipinski definition) is 1. The van der Waals surface area contributed by atoms with Crippen molar-refractivity contribution in [1.29, 1.82) is 0 Å². The molecule has 0 radical (unpaired) electrons. The summed E-state index contributed by atoms with van der Waals surface area (Å²) < 4.78 is 37.6. The zero-order valence-electron chi connectivity index (χ0n) is 16.2. The number of rotatable bonds is 5. The Kier molecular flexibility index (Phi) is 7.94. The predicted octanol–water partition coefficient (Wildman–Crippen LogP) is 3.44. The quantitative estimate of drug-likeness (QED) is 0.572. The van der Waals surface area contributed by atoms with Crippen LogP contribution in [0.1, 0.15) is 40.0 Å². The third-order valence-corrected chi connectivity index (χ3v) is 6.27. The van der Waals surface area contributed by atoms with Crippen molar-refractivity contribution >= 4 is 17.7 Å². The van der Waals surface area contributed by atoms with Crippen LogP contribution in [0, 0.1) is 5.92 Å². The van der Waals surface area contributed by atoms with E-state index in [-0.39, 0.29) is 4.75 Å². The second-order valence-electron chi connectivity index (χ2n) is 7.89. The number of nitrogens with one attached hydrogen (secondary N) is 1. The monoisotopic (exact) mass is 394 g/mol. The van der Waals surface area contributed by atoms with Crippen molar-refractivity contribution in [2.75, 3.05) is 51.6 Å². The second-order valence-corrected chi connectivity index (χ2v) is 9.69. The molecule has 152 valence electrons. The van der Waals surface area contributed by atoms with E-state index in [0.29, 0.717) is 19.0 Å². The molecular formula is C18H33F3N4S. The van der Waals surface area contributed by atoms with Crippen LogP contribution in [0.3, 0.4) is 0 Å². The largest absolute Gasteiger partial charge is 0.401 e. The molecule has 0 aromatic heterocycles. The Morgan fingerprint density at radius 2 is 1.92 bits per heavy atom. The Labute approximate surface area is 160 Å². The Morgan fingerprint density at radius 3 is 2.50 bits per heavy atom. The fraction of sp³-hybridized carbons (Fsp3) is 0.944. The van der Waals surface area contributed by atoms with Gasteiger partial charge in [-0.25, -0.2) is 0 Å². The molecule has 0 amide bonds. The first-order valence-corrected chi connectivity index (χ1v) is 10.6. The molecule has 2 heterocycles. The molecule has 2 rings (SSSR count). The molecule has 0 atom stereocenters. The average molecular weight is 395 g/mol. The summed E-state index contributed by atoms with van der Waals surface area (Å²) in [6.45, 7) is 10.5. The first-order chi connectivity index (χ1) is 12.2. The highest BCUT2D eigenvalue weighted by molar-refractivity contribution is 8.00. The van der Waals surface area contributed by atoms with Crippen LogP contribution in [0.4, 0.5) is 13.2 Å². The van der Waals surface area contributed by atoms with Gasteiger partial charge in [0.15, 0.2) is 5.96 Å². The Bertz CT molecular complexity index is 460. The van der Waals surface area contributed by atoms with E-state index in [0.717, 1.165) is 57.2 Å². The van der Waals surface area contributed by atoms with Crippen LogP contribution in [0.15, 0.2) is 4.99 Å². The van der Waals surface area contributed by atoms with Crippen molar-refractivity contribution < 1.29 is 13.2 Å². The Hall–Kier alpha value is -0.630. The number of halogens is 3. The number of guanidine groups is 1. The summed E-state index contributed by atoms with van der Waals surface area (Å²) >= 11 is 2.00. The number of nitrogens with zero attached hydrogens (tertiary/aromatic N) is 3. The topological polar surface area (TPSA) is 30.9 Å². The minimum absolute atomic E-state index is 0.236. The maximum absolute atomic E-state index is 12.5. The molecule has 2 fully saturated rings. The van der Waals surface area contributed by atoms with Crippen LogP contribution in [0.2, 0.25) is 0 Å². The minimum Gasteiger partial charge on any atom is -0.357 e. The van der Waals surface area contributed by atoms with Gasteiger partial charge in [0.05, 0.1) is 6.54 Å². The fourth-order valence-corrected chi connectivity index (χ4v) is 4.77. The first kappa shape index (κ1) is 21.7. The SMILES string of the molecule is CCNC(=NCCC1CCN(CC(F)(F)F)CC1)N1CCSC(C)(C)C1. The van der Waals surface area contributed by atoms with Gasteiger partial charge < -0.3 is 10.2 Å².